The molecule has 0 saturated heterocycles. The highest BCUT2D eigenvalue weighted by Gasteiger charge is 2.10. The molecule has 5 nitrogen and oxygen atoms in total. The van der Waals surface area contributed by atoms with E-state index in [1.165, 1.54) is 17.4 Å². The number of fused-ring (bicyclic) bond motifs is 1. The first kappa shape index (κ1) is 18.1. The third-order valence-electron chi connectivity index (χ3n) is 4.42. The van der Waals surface area contributed by atoms with E-state index < -0.39 is 0 Å². The summed E-state index contributed by atoms with van der Waals surface area (Å²) >= 11 is 1.39. The molecule has 0 aliphatic rings. The van der Waals surface area contributed by atoms with Gasteiger partial charge in [0.1, 0.15) is 6.61 Å². The van der Waals surface area contributed by atoms with Gasteiger partial charge in [-0.05, 0) is 23.6 Å². The molecule has 0 bridgehead atoms. The Kier molecular flexibility index (Phi) is 5.04. The molecule has 2 aromatic carbocycles. The Morgan fingerprint density at radius 1 is 1.07 bits per heavy atom. The summed E-state index contributed by atoms with van der Waals surface area (Å²) in [5.41, 5.74) is 4.25. The van der Waals surface area contributed by atoms with Gasteiger partial charge in [0.2, 0.25) is 0 Å². The summed E-state index contributed by atoms with van der Waals surface area (Å²) in [4.78, 5) is 29.3. The van der Waals surface area contributed by atoms with Crippen LogP contribution in [-0.4, -0.2) is 15.4 Å². The summed E-state index contributed by atoms with van der Waals surface area (Å²) in [6, 6.07) is 19.3. The predicted octanol–water partition coefficient (Wildman–Crippen LogP) is 4.02. The molecule has 0 atom stereocenters. The smallest absolute Gasteiger partial charge is 0.310 e. The molecule has 0 aliphatic carbocycles. The van der Waals surface area contributed by atoms with E-state index in [0.29, 0.717) is 10.7 Å². The van der Waals surface area contributed by atoms with Crippen LogP contribution in [0.5, 0.6) is 0 Å². The zero-order valence-electron chi connectivity index (χ0n) is 15.3. The molecule has 0 radical (unpaired) electrons. The van der Waals surface area contributed by atoms with E-state index in [-0.39, 0.29) is 24.6 Å². The van der Waals surface area contributed by atoms with Crippen molar-refractivity contribution in [1.82, 2.24) is 9.38 Å². The van der Waals surface area contributed by atoms with E-state index in [4.69, 9.17) is 4.74 Å². The Hall–Kier alpha value is -3.25. The number of aryl methyl sites for hydroxylation is 1. The molecule has 2 heterocycles. The molecule has 0 unspecified atom stereocenters. The second-order valence-electron chi connectivity index (χ2n) is 6.48. The number of esters is 1. The number of hydrogen-bond acceptors (Lipinski definition) is 5. The van der Waals surface area contributed by atoms with Crippen molar-refractivity contribution in [1.29, 1.82) is 0 Å². The molecule has 6 heteroatoms. The highest BCUT2D eigenvalue weighted by molar-refractivity contribution is 7.15. The lowest BCUT2D eigenvalue weighted by atomic mass is 10.0. The van der Waals surface area contributed by atoms with Crippen molar-refractivity contribution >= 4 is 22.3 Å². The van der Waals surface area contributed by atoms with Gasteiger partial charge in [0.05, 0.1) is 12.1 Å². The third kappa shape index (κ3) is 3.87. The highest BCUT2D eigenvalue weighted by atomic mass is 32.1. The Bertz CT molecular complexity index is 1180. The van der Waals surface area contributed by atoms with Gasteiger partial charge in [-0.15, -0.1) is 11.3 Å². The van der Waals surface area contributed by atoms with Gasteiger partial charge in [0.25, 0.3) is 5.56 Å². The van der Waals surface area contributed by atoms with Crippen molar-refractivity contribution in [2.45, 2.75) is 20.0 Å². The summed E-state index contributed by atoms with van der Waals surface area (Å²) in [5.74, 6) is -0.350. The number of hydrogen-bond donors (Lipinski definition) is 0. The SMILES string of the molecule is Cc1csc2nc(COC(=O)Cc3ccc(-c4ccccc4)cc3)cc(=O)n12. The maximum atomic E-state index is 12.2. The summed E-state index contributed by atoms with van der Waals surface area (Å²) in [6.07, 6.45) is 0.175. The molecule has 0 amide bonds. The molecule has 0 spiro atoms. The van der Waals surface area contributed by atoms with Gasteiger partial charge >= 0.3 is 5.97 Å². The first-order chi connectivity index (χ1) is 13.6. The zero-order valence-corrected chi connectivity index (χ0v) is 16.1. The van der Waals surface area contributed by atoms with Crippen LogP contribution >= 0.6 is 11.3 Å². The lowest BCUT2D eigenvalue weighted by Gasteiger charge is -2.06. The van der Waals surface area contributed by atoms with Crippen molar-refractivity contribution < 1.29 is 9.53 Å². The third-order valence-corrected chi connectivity index (χ3v) is 5.36. The molecule has 4 aromatic rings. The Labute approximate surface area is 165 Å². The molecule has 0 aliphatic heterocycles. The van der Waals surface area contributed by atoms with Gasteiger partial charge in [0, 0.05) is 17.1 Å². The van der Waals surface area contributed by atoms with Crippen LogP contribution in [0.2, 0.25) is 0 Å². The maximum absolute atomic E-state index is 12.2. The van der Waals surface area contributed by atoms with Gasteiger partial charge in [-0.25, -0.2) is 4.98 Å². The molecular formula is C22H18N2O3S. The van der Waals surface area contributed by atoms with Crippen molar-refractivity contribution in [2.75, 3.05) is 0 Å². The van der Waals surface area contributed by atoms with Crippen molar-refractivity contribution in [3.05, 3.63) is 93.3 Å². The minimum Gasteiger partial charge on any atom is -0.459 e. The van der Waals surface area contributed by atoms with Crippen molar-refractivity contribution in [2.24, 2.45) is 0 Å². The van der Waals surface area contributed by atoms with Crippen LogP contribution in [0.1, 0.15) is 17.0 Å². The second-order valence-corrected chi connectivity index (χ2v) is 7.32. The minimum absolute atomic E-state index is 0.0103. The van der Waals surface area contributed by atoms with Gasteiger partial charge < -0.3 is 4.74 Å². The fourth-order valence-corrected chi connectivity index (χ4v) is 3.88. The van der Waals surface area contributed by atoms with Crippen molar-refractivity contribution in [3.8, 4) is 11.1 Å². The number of rotatable bonds is 5. The van der Waals surface area contributed by atoms with E-state index in [2.05, 4.69) is 4.98 Å². The first-order valence-corrected chi connectivity index (χ1v) is 9.75. The fraction of sp³-hybridized carbons (Fsp3) is 0.136. The quantitative estimate of drug-likeness (QED) is 0.483. The molecule has 0 N–H and O–H groups in total. The second kappa shape index (κ2) is 7.78. The van der Waals surface area contributed by atoms with Crippen LogP contribution < -0.4 is 5.56 Å². The lowest BCUT2D eigenvalue weighted by Crippen LogP contribution is -2.16. The standard InChI is InChI=1S/C22H18N2O3S/c1-15-14-28-22-23-19(12-20(25)24(15)22)13-27-21(26)11-16-7-9-18(10-8-16)17-5-3-2-4-6-17/h2-10,12,14H,11,13H2,1H3. The van der Waals surface area contributed by atoms with Gasteiger partial charge in [-0.3, -0.25) is 14.0 Å². The largest absolute Gasteiger partial charge is 0.459 e. The van der Waals surface area contributed by atoms with Gasteiger partial charge in [-0.1, -0.05) is 54.6 Å². The van der Waals surface area contributed by atoms with Crippen LogP contribution in [0.3, 0.4) is 0 Å². The fourth-order valence-electron chi connectivity index (χ4n) is 2.99. The average Bonchev–Trinajstić information content (AvgIpc) is 3.09. The van der Waals surface area contributed by atoms with Crippen LogP contribution in [0, 0.1) is 6.92 Å². The molecule has 2 aromatic heterocycles. The Morgan fingerprint density at radius 3 is 2.54 bits per heavy atom. The van der Waals surface area contributed by atoms with E-state index in [1.54, 1.807) is 4.40 Å². The van der Waals surface area contributed by atoms with E-state index in [1.807, 2.05) is 66.9 Å². The van der Waals surface area contributed by atoms with E-state index >= 15 is 0 Å². The highest BCUT2D eigenvalue weighted by Crippen LogP contribution is 2.19. The molecular weight excluding hydrogens is 372 g/mol. The number of benzene rings is 2. The van der Waals surface area contributed by atoms with Crippen LogP contribution in [0.15, 0.2) is 70.8 Å². The monoisotopic (exact) mass is 390 g/mol. The Morgan fingerprint density at radius 2 is 1.79 bits per heavy atom. The normalized spacial score (nSPS) is 10.9. The summed E-state index contributed by atoms with van der Waals surface area (Å²) in [7, 11) is 0. The average molecular weight is 390 g/mol. The predicted molar refractivity (Wildman–Crippen MR) is 109 cm³/mol. The maximum Gasteiger partial charge on any atom is 0.310 e. The number of nitrogens with zero attached hydrogens (tertiary/aromatic N) is 2. The molecule has 140 valence electrons. The van der Waals surface area contributed by atoms with Crippen molar-refractivity contribution in [3.63, 3.8) is 0 Å². The summed E-state index contributed by atoms with van der Waals surface area (Å²) < 4.78 is 6.86. The minimum atomic E-state index is -0.350. The molecule has 0 saturated carbocycles. The van der Waals surface area contributed by atoms with Crippen LogP contribution in [-0.2, 0) is 22.6 Å². The summed E-state index contributed by atoms with van der Waals surface area (Å²) in [6.45, 7) is 1.85. The first-order valence-electron chi connectivity index (χ1n) is 8.87. The van der Waals surface area contributed by atoms with Crippen LogP contribution in [0.25, 0.3) is 16.1 Å². The summed E-state index contributed by atoms with van der Waals surface area (Å²) in [5, 5.41) is 1.87. The topological polar surface area (TPSA) is 60.7 Å². The number of thiazole rings is 1. The molecule has 4 rings (SSSR count). The van der Waals surface area contributed by atoms with Gasteiger partial charge in [-0.2, -0.15) is 0 Å². The van der Waals surface area contributed by atoms with Crippen LogP contribution in [0.4, 0.5) is 0 Å². The number of ether oxygens (including phenoxy) is 1. The zero-order chi connectivity index (χ0) is 19.5. The Balaban J connectivity index is 1.39. The van der Waals surface area contributed by atoms with E-state index in [0.717, 1.165) is 22.4 Å². The van der Waals surface area contributed by atoms with E-state index in [9.17, 15) is 9.59 Å². The molecule has 28 heavy (non-hydrogen) atoms. The number of carbonyl (C=O) groups excluding carboxylic acids is 1. The van der Waals surface area contributed by atoms with Gasteiger partial charge in [0.15, 0.2) is 4.96 Å². The lowest BCUT2D eigenvalue weighted by molar-refractivity contribution is -0.144. The molecule has 0 fully saturated rings. The number of aromatic nitrogens is 2. The number of carbonyl (C=O) groups is 1.